The maximum Gasteiger partial charge on any atom is 0.338 e. The van der Waals surface area contributed by atoms with Crippen molar-refractivity contribution in [3.8, 4) is 0 Å². The lowest BCUT2D eigenvalue weighted by atomic mass is 10.1. The molecule has 0 fully saturated rings. The third kappa shape index (κ3) is 4.77. The van der Waals surface area contributed by atoms with E-state index in [0.29, 0.717) is 30.0 Å². The van der Waals surface area contributed by atoms with E-state index in [1.54, 1.807) is 37.5 Å². The van der Waals surface area contributed by atoms with Gasteiger partial charge in [-0.2, -0.15) is 0 Å². The van der Waals surface area contributed by atoms with Gasteiger partial charge in [-0.1, -0.05) is 0 Å². The third-order valence-electron chi connectivity index (χ3n) is 3.15. The summed E-state index contributed by atoms with van der Waals surface area (Å²) in [6, 6.07) is 5.02. The van der Waals surface area contributed by atoms with Crippen molar-refractivity contribution in [1.82, 2.24) is 9.97 Å². The number of ether oxygens (including phenoxy) is 1. The summed E-state index contributed by atoms with van der Waals surface area (Å²) in [5, 5.41) is 5.97. The molecule has 126 valence electrons. The highest BCUT2D eigenvalue weighted by atomic mass is 16.5. The number of hydrogen-bond acceptors (Lipinski definition) is 6. The number of rotatable bonds is 7. The SMILES string of the molecule is CCNc1ccc(C(=O)OCC)cc1NC(=O)Cc1cncnc1. The molecule has 24 heavy (non-hydrogen) atoms. The average molecular weight is 328 g/mol. The van der Waals surface area contributed by atoms with Gasteiger partial charge in [0, 0.05) is 18.9 Å². The van der Waals surface area contributed by atoms with E-state index in [-0.39, 0.29) is 12.3 Å². The Morgan fingerprint density at radius 3 is 2.54 bits per heavy atom. The summed E-state index contributed by atoms with van der Waals surface area (Å²) in [5.41, 5.74) is 2.37. The molecule has 1 aromatic carbocycles. The van der Waals surface area contributed by atoms with Gasteiger partial charge in [0.15, 0.2) is 0 Å². The lowest BCUT2D eigenvalue weighted by Gasteiger charge is -2.13. The Morgan fingerprint density at radius 2 is 1.88 bits per heavy atom. The smallest absolute Gasteiger partial charge is 0.338 e. The van der Waals surface area contributed by atoms with Gasteiger partial charge < -0.3 is 15.4 Å². The second-order valence-corrected chi connectivity index (χ2v) is 4.98. The molecular formula is C17H20N4O3. The van der Waals surface area contributed by atoms with Gasteiger partial charge in [-0.3, -0.25) is 4.79 Å². The minimum absolute atomic E-state index is 0.149. The van der Waals surface area contributed by atoms with Crippen molar-refractivity contribution in [3.63, 3.8) is 0 Å². The largest absolute Gasteiger partial charge is 0.462 e. The zero-order valence-corrected chi connectivity index (χ0v) is 13.7. The molecule has 0 spiro atoms. The summed E-state index contributed by atoms with van der Waals surface area (Å²) in [4.78, 5) is 31.9. The molecular weight excluding hydrogens is 308 g/mol. The van der Waals surface area contributed by atoms with Gasteiger partial charge in [-0.15, -0.1) is 0 Å². The van der Waals surface area contributed by atoms with Gasteiger partial charge in [-0.25, -0.2) is 14.8 Å². The summed E-state index contributed by atoms with van der Waals surface area (Å²) >= 11 is 0. The second-order valence-electron chi connectivity index (χ2n) is 4.98. The summed E-state index contributed by atoms with van der Waals surface area (Å²) < 4.78 is 4.99. The van der Waals surface area contributed by atoms with Crippen molar-refractivity contribution < 1.29 is 14.3 Å². The van der Waals surface area contributed by atoms with Crippen LogP contribution in [0.3, 0.4) is 0 Å². The Hall–Kier alpha value is -2.96. The van der Waals surface area contributed by atoms with Gasteiger partial charge in [-0.05, 0) is 37.6 Å². The van der Waals surface area contributed by atoms with Gasteiger partial charge >= 0.3 is 5.97 Å². The zero-order chi connectivity index (χ0) is 17.4. The average Bonchev–Trinajstić information content (AvgIpc) is 2.57. The summed E-state index contributed by atoms with van der Waals surface area (Å²) in [5.74, 6) is -0.641. The Balaban J connectivity index is 2.17. The van der Waals surface area contributed by atoms with E-state index in [9.17, 15) is 9.59 Å². The van der Waals surface area contributed by atoms with Crippen molar-refractivity contribution in [3.05, 3.63) is 48.0 Å². The van der Waals surface area contributed by atoms with Gasteiger partial charge in [0.05, 0.1) is 30.0 Å². The molecule has 0 bridgehead atoms. The number of hydrogen-bond donors (Lipinski definition) is 2. The molecule has 1 aromatic heterocycles. The van der Waals surface area contributed by atoms with Crippen LogP contribution in [0.2, 0.25) is 0 Å². The van der Waals surface area contributed by atoms with Crippen LogP contribution in [0.25, 0.3) is 0 Å². The maximum atomic E-state index is 12.2. The van der Waals surface area contributed by atoms with Crippen LogP contribution in [0.15, 0.2) is 36.9 Å². The van der Waals surface area contributed by atoms with Crippen LogP contribution in [-0.4, -0.2) is 35.0 Å². The molecule has 1 amide bonds. The van der Waals surface area contributed by atoms with Gasteiger partial charge in [0.25, 0.3) is 0 Å². The predicted octanol–water partition coefficient (Wildman–Crippen LogP) is 2.27. The number of carbonyl (C=O) groups is 2. The predicted molar refractivity (Wildman–Crippen MR) is 90.9 cm³/mol. The van der Waals surface area contributed by atoms with Crippen molar-refractivity contribution in [1.29, 1.82) is 0 Å². The van der Waals surface area contributed by atoms with E-state index in [4.69, 9.17) is 4.74 Å². The minimum atomic E-state index is -0.424. The van der Waals surface area contributed by atoms with Gasteiger partial charge in [0.2, 0.25) is 5.91 Å². The van der Waals surface area contributed by atoms with Crippen molar-refractivity contribution in [2.45, 2.75) is 20.3 Å². The fraction of sp³-hybridized carbons (Fsp3) is 0.294. The number of amides is 1. The molecule has 2 aromatic rings. The second kappa shape index (κ2) is 8.61. The van der Waals surface area contributed by atoms with Crippen LogP contribution in [0, 0.1) is 0 Å². The number of benzene rings is 1. The highest BCUT2D eigenvalue weighted by Crippen LogP contribution is 2.24. The minimum Gasteiger partial charge on any atom is -0.462 e. The quantitative estimate of drug-likeness (QED) is 0.757. The normalized spacial score (nSPS) is 10.1. The molecule has 0 aliphatic carbocycles. The highest BCUT2D eigenvalue weighted by Gasteiger charge is 2.13. The number of aromatic nitrogens is 2. The topological polar surface area (TPSA) is 93.2 Å². The first kappa shape index (κ1) is 17.4. The van der Waals surface area contributed by atoms with E-state index in [1.165, 1.54) is 6.33 Å². The lowest BCUT2D eigenvalue weighted by Crippen LogP contribution is -2.17. The first-order valence-electron chi connectivity index (χ1n) is 7.72. The standard InChI is InChI=1S/C17H20N4O3/c1-3-20-14-6-5-13(17(23)24-4-2)8-15(14)21-16(22)7-12-9-18-11-19-10-12/h5-6,8-11,20H,3-4,7H2,1-2H3,(H,21,22). The number of anilines is 2. The molecule has 1 heterocycles. The highest BCUT2D eigenvalue weighted by molar-refractivity contribution is 5.98. The molecule has 0 saturated carbocycles. The molecule has 2 N–H and O–H groups in total. The molecule has 0 aliphatic heterocycles. The van der Waals surface area contributed by atoms with Crippen LogP contribution in [0.4, 0.5) is 11.4 Å². The van der Waals surface area contributed by atoms with E-state index in [0.717, 1.165) is 5.69 Å². The molecule has 0 radical (unpaired) electrons. The van der Waals surface area contributed by atoms with Crippen LogP contribution in [0.1, 0.15) is 29.8 Å². The summed E-state index contributed by atoms with van der Waals surface area (Å²) in [6.07, 6.45) is 4.74. The van der Waals surface area contributed by atoms with Crippen molar-refractivity contribution in [2.24, 2.45) is 0 Å². The van der Waals surface area contributed by atoms with E-state index < -0.39 is 5.97 Å². The first-order valence-corrected chi connectivity index (χ1v) is 7.72. The lowest BCUT2D eigenvalue weighted by molar-refractivity contribution is -0.115. The van der Waals surface area contributed by atoms with E-state index >= 15 is 0 Å². The monoisotopic (exact) mass is 328 g/mol. The number of esters is 1. The number of nitrogens with one attached hydrogen (secondary N) is 2. The Labute approximate surface area is 140 Å². The van der Waals surface area contributed by atoms with Crippen LogP contribution in [-0.2, 0) is 16.0 Å². The number of carbonyl (C=O) groups excluding carboxylic acids is 2. The zero-order valence-electron chi connectivity index (χ0n) is 13.7. The maximum absolute atomic E-state index is 12.2. The molecule has 0 unspecified atom stereocenters. The molecule has 0 aliphatic rings. The molecule has 0 saturated heterocycles. The fourth-order valence-corrected chi connectivity index (χ4v) is 2.13. The van der Waals surface area contributed by atoms with Crippen molar-refractivity contribution >= 4 is 23.3 Å². The van der Waals surface area contributed by atoms with Crippen molar-refractivity contribution in [2.75, 3.05) is 23.8 Å². The fourth-order valence-electron chi connectivity index (χ4n) is 2.13. The van der Waals surface area contributed by atoms with Crippen LogP contribution in [0.5, 0.6) is 0 Å². The molecule has 7 heteroatoms. The van der Waals surface area contributed by atoms with Crippen LogP contribution < -0.4 is 10.6 Å². The Morgan fingerprint density at radius 1 is 1.12 bits per heavy atom. The van der Waals surface area contributed by atoms with E-state index in [2.05, 4.69) is 20.6 Å². The van der Waals surface area contributed by atoms with Gasteiger partial charge in [0.1, 0.15) is 6.33 Å². The molecule has 2 rings (SSSR count). The summed E-state index contributed by atoms with van der Waals surface area (Å²) in [6.45, 7) is 4.68. The van der Waals surface area contributed by atoms with E-state index in [1.807, 2.05) is 6.92 Å². The molecule has 7 nitrogen and oxygen atoms in total. The summed E-state index contributed by atoms with van der Waals surface area (Å²) in [7, 11) is 0. The Kier molecular flexibility index (Phi) is 6.24. The molecule has 0 atom stereocenters. The van der Waals surface area contributed by atoms with Crippen LogP contribution >= 0.6 is 0 Å². The Bertz CT molecular complexity index is 704. The number of nitrogens with zero attached hydrogens (tertiary/aromatic N) is 2. The first-order chi connectivity index (χ1) is 11.6. The third-order valence-corrected chi connectivity index (χ3v) is 3.15.